The van der Waals surface area contributed by atoms with E-state index in [1.807, 2.05) is 24.1 Å². The van der Waals surface area contributed by atoms with E-state index in [0.717, 1.165) is 11.3 Å². The van der Waals surface area contributed by atoms with Crippen LogP contribution >= 0.6 is 0 Å². The molecule has 3 heteroatoms. The second kappa shape index (κ2) is 4.39. The molecule has 0 saturated heterocycles. The van der Waals surface area contributed by atoms with Gasteiger partial charge in [0.1, 0.15) is 0 Å². The number of hydrogen-bond donors (Lipinski definition) is 1. The van der Waals surface area contributed by atoms with Gasteiger partial charge >= 0.3 is 0 Å². The molecule has 0 saturated carbocycles. The van der Waals surface area contributed by atoms with Gasteiger partial charge in [-0.3, -0.25) is 4.68 Å². The monoisotopic (exact) mass is 215 g/mol. The lowest BCUT2D eigenvalue weighted by Gasteiger charge is -2.10. The van der Waals surface area contributed by atoms with Gasteiger partial charge in [-0.1, -0.05) is 12.1 Å². The van der Waals surface area contributed by atoms with Crippen LogP contribution in [0.25, 0.3) is 11.1 Å². The van der Waals surface area contributed by atoms with E-state index >= 15 is 0 Å². The van der Waals surface area contributed by atoms with Crippen LogP contribution < -0.4 is 5.32 Å². The van der Waals surface area contributed by atoms with Crippen molar-refractivity contribution in [1.29, 1.82) is 0 Å². The van der Waals surface area contributed by atoms with Crippen LogP contribution in [-0.2, 0) is 7.05 Å². The summed E-state index contributed by atoms with van der Waals surface area (Å²) in [5.41, 5.74) is 3.49. The Kier molecular flexibility index (Phi) is 2.95. The summed E-state index contributed by atoms with van der Waals surface area (Å²) in [6.07, 6.45) is 3.91. The van der Waals surface area contributed by atoms with Crippen molar-refractivity contribution in [3.8, 4) is 11.1 Å². The van der Waals surface area contributed by atoms with Gasteiger partial charge in [0.15, 0.2) is 0 Å². The Morgan fingerprint density at radius 1 is 1.25 bits per heavy atom. The van der Waals surface area contributed by atoms with Gasteiger partial charge in [0, 0.05) is 30.5 Å². The van der Waals surface area contributed by atoms with Crippen LogP contribution in [0.15, 0.2) is 36.7 Å². The number of benzene rings is 1. The Hall–Kier alpha value is -1.77. The number of nitrogens with zero attached hydrogens (tertiary/aromatic N) is 2. The van der Waals surface area contributed by atoms with Crippen molar-refractivity contribution < 1.29 is 0 Å². The zero-order chi connectivity index (χ0) is 11.5. The molecule has 84 valence electrons. The fraction of sp³-hybridized carbons (Fsp3) is 0.308. The molecule has 0 radical (unpaired) electrons. The Morgan fingerprint density at radius 2 is 2.06 bits per heavy atom. The third kappa shape index (κ3) is 2.42. The molecule has 0 aliphatic rings. The molecule has 0 atom stereocenters. The van der Waals surface area contributed by atoms with Crippen LogP contribution in [-0.4, -0.2) is 15.8 Å². The molecule has 3 nitrogen and oxygen atoms in total. The van der Waals surface area contributed by atoms with Gasteiger partial charge in [-0.05, 0) is 31.5 Å². The molecule has 1 N–H and O–H groups in total. The predicted octanol–water partition coefficient (Wildman–Crippen LogP) is 2.91. The minimum absolute atomic E-state index is 0.448. The lowest BCUT2D eigenvalue weighted by Crippen LogP contribution is -2.09. The zero-order valence-corrected chi connectivity index (χ0v) is 9.94. The van der Waals surface area contributed by atoms with Crippen LogP contribution in [0.2, 0.25) is 0 Å². The Labute approximate surface area is 96.1 Å². The molecule has 0 fully saturated rings. The van der Waals surface area contributed by atoms with Gasteiger partial charge in [-0.15, -0.1) is 0 Å². The number of aromatic nitrogens is 2. The molecule has 0 amide bonds. The summed E-state index contributed by atoms with van der Waals surface area (Å²) in [4.78, 5) is 0. The first-order chi connectivity index (χ1) is 7.65. The SMILES string of the molecule is CC(C)Nc1cccc(-c2cnn(C)c2)c1. The average Bonchev–Trinajstić information content (AvgIpc) is 2.64. The van der Waals surface area contributed by atoms with Gasteiger partial charge < -0.3 is 5.32 Å². The van der Waals surface area contributed by atoms with Crippen molar-refractivity contribution in [1.82, 2.24) is 9.78 Å². The summed E-state index contributed by atoms with van der Waals surface area (Å²) in [6.45, 7) is 4.27. The molecule has 0 unspecified atom stereocenters. The molecule has 1 heterocycles. The maximum Gasteiger partial charge on any atom is 0.0568 e. The number of aryl methyl sites for hydroxylation is 1. The number of anilines is 1. The van der Waals surface area contributed by atoms with E-state index in [2.05, 4.69) is 48.5 Å². The fourth-order valence-electron chi connectivity index (χ4n) is 1.69. The van der Waals surface area contributed by atoms with E-state index in [1.54, 1.807) is 0 Å². The van der Waals surface area contributed by atoms with Crippen molar-refractivity contribution in [2.45, 2.75) is 19.9 Å². The van der Waals surface area contributed by atoms with Gasteiger partial charge in [0.25, 0.3) is 0 Å². The van der Waals surface area contributed by atoms with Crippen LogP contribution in [0.1, 0.15) is 13.8 Å². The minimum Gasteiger partial charge on any atom is -0.383 e. The first-order valence-corrected chi connectivity index (χ1v) is 5.51. The maximum atomic E-state index is 4.18. The maximum absolute atomic E-state index is 4.18. The van der Waals surface area contributed by atoms with Crippen LogP contribution in [0, 0.1) is 0 Å². The molecule has 0 aliphatic carbocycles. The van der Waals surface area contributed by atoms with Crippen LogP contribution in [0.3, 0.4) is 0 Å². The van der Waals surface area contributed by atoms with E-state index in [0.29, 0.717) is 6.04 Å². The quantitative estimate of drug-likeness (QED) is 0.853. The molecule has 2 rings (SSSR count). The zero-order valence-electron chi connectivity index (χ0n) is 9.94. The predicted molar refractivity (Wildman–Crippen MR) is 67.4 cm³/mol. The first kappa shape index (κ1) is 10.7. The van der Waals surface area contributed by atoms with E-state index < -0.39 is 0 Å². The molecule has 16 heavy (non-hydrogen) atoms. The topological polar surface area (TPSA) is 29.9 Å². The standard InChI is InChI=1S/C13H17N3/c1-10(2)15-13-6-4-5-11(7-13)12-8-14-16(3)9-12/h4-10,15H,1-3H3. The first-order valence-electron chi connectivity index (χ1n) is 5.51. The van der Waals surface area contributed by atoms with Gasteiger partial charge in [0.05, 0.1) is 6.20 Å². The fourth-order valence-corrected chi connectivity index (χ4v) is 1.69. The molecule has 0 spiro atoms. The summed E-state index contributed by atoms with van der Waals surface area (Å²) >= 11 is 0. The average molecular weight is 215 g/mol. The van der Waals surface area contributed by atoms with E-state index in [1.165, 1.54) is 5.56 Å². The minimum atomic E-state index is 0.448. The molecule has 0 bridgehead atoms. The highest BCUT2D eigenvalue weighted by molar-refractivity contribution is 5.66. The second-order valence-electron chi connectivity index (χ2n) is 4.28. The highest BCUT2D eigenvalue weighted by atomic mass is 15.2. The number of hydrogen-bond acceptors (Lipinski definition) is 2. The summed E-state index contributed by atoms with van der Waals surface area (Å²) < 4.78 is 1.82. The summed E-state index contributed by atoms with van der Waals surface area (Å²) in [5.74, 6) is 0. The summed E-state index contributed by atoms with van der Waals surface area (Å²) in [5, 5.41) is 7.57. The van der Waals surface area contributed by atoms with Gasteiger partial charge in [0.2, 0.25) is 0 Å². The number of rotatable bonds is 3. The molecular formula is C13H17N3. The lowest BCUT2D eigenvalue weighted by atomic mass is 10.1. The van der Waals surface area contributed by atoms with Crippen molar-refractivity contribution in [3.05, 3.63) is 36.7 Å². The van der Waals surface area contributed by atoms with Crippen molar-refractivity contribution in [3.63, 3.8) is 0 Å². The largest absolute Gasteiger partial charge is 0.383 e. The molecule has 0 aliphatic heterocycles. The normalized spacial score (nSPS) is 10.8. The third-order valence-electron chi connectivity index (χ3n) is 2.36. The summed E-state index contributed by atoms with van der Waals surface area (Å²) in [7, 11) is 1.93. The smallest absolute Gasteiger partial charge is 0.0568 e. The molecular weight excluding hydrogens is 198 g/mol. The Bertz CT molecular complexity index is 472. The molecule has 1 aromatic heterocycles. The lowest BCUT2D eigenvalue weighted by molar-refractivity contribution is 0.768. The van der Waals surface area contributed by atoms with Crippen molar-refractivity contribution in [2.24, 2.45) is 7.05 Å². The highest BCUT2D eigenvalue weighted by Gasteiger charge is 2.01. The molecule has 1 aromatic carbocycles. The Morgan fingerprint density at radius 3 is 2.69 bits per heavy atom. The van der Waals surface area contributed by atoms with Crippen LogP contribution in [0.4, 0.5) is 5.69 Å². The van der Waals surface area contributed by atoms with Crippen molar-refractivity contribution in [2.75, 3.05) is 5.32 Å². The van der Waals surface area contributed by atoms with E-state index in [4.69, 9.17) is 0 Å². The highest BCUT2D eigenvalue weighted by Crippen LogP contribution is 2.22. The van der Waals surface area contributed by atoms with Crippen molar-refractivity contribution >= 4 is 5.69 Å². The van der Waals surface area contributed by atoms with E-state index in [9.17, 15) is 0 Å². The summed E-state index contributed by atoms with van der Waals surface area (Å²) in [6, 6.07) is 8.84. The van der Waals surface area contributed by atoms with Gasteiger partial charge in [-0.2, -0.15) is 5.10 Å². The molecule has 2 aromatic rings. The Balaban J connectivity index is 2.28. The van der Waals surface area contributed by atoms with Gasteiger partial charge in [-0.25, -0.2) is 0 Å². The second-order valence-corrected chi connectivity index (χ2v) is 4.28. The third-order valence-corrected chi connectivity index (χ3v) is 2.36. The van der Waals surface area contributed by atoms with E-state index in [-0.39, 0.29) is 0 Å². The van der Waals surface area contributed by atoms with Crippen LogP contribution in [0.5, 0.6) is 0 Å². The number of nitrogens with one attached hydrogen (secondary N) is 1.